The fourth-order valence-corrected chi connectivity index (χ4v) is 1.24. The highest BCUT2D eigenvalue weighted by Gasteiger charge is 2.03. The molecule has 0 bridgehead atoms. The third-order valence-corrected chi connectivity index (χ3v) is 2.12. The van der Waals surface area contributed by atoms with Gasteiger partial charge in [-0.3, -0.25) is 4.98 Å². The lowest BCUT2D eigenvalue weighted by Crippen LogP contribution is -2.07. The zero-order valence-corrected chi connectivity index (χ0v) is 8.10. The van der Waals surface area contributed by atoms with Crippen LogP contribution in [0.25, 0.3) is 0 Å². The van der Waals surface area contributed by atoms with Crippen molar-refractivity contribution in [2.24, 2.45) is 0 Å². The maximum absolute atomic E-state index is 5.50. The van der Waals surface area contributed by atoms with E-state index < -0.39 is 14.5 Å². The Kier molecular flexibility index (Phi) is 3.58. The van der Waals surface area contributed by atoms with E-state index in [2.05, 4.69) is 16.6 Å². The second kappa shape index (κ2) is 4.51. The largest absolute Gasteiger partial charge is 0.496 e. The Hall–Kier alpha value is -0.358. The molecule has 0 atom stereocenters. The molecule has 0 aliphatic rings. The molecule has 0 aliphatic heterocycles. The summed E-state index contributed by atoms with van der Waals surface area (Å²) >= 11 is -0.880. The number of hydrogen-bond acceptors (Lipinski definition) is 2. The van der Waals surface area contributed by atoms with E-state index in [0.717, 1.165) is 5.69 Å². The van der Waals surface area contributed by atoms with Crippen molar-refractivity contribution in [2.75, 3.05) is 0 Å². The molecular formula is C8H12AlNO. The average molecular weight is 165 g/mol. The van der Waals surface area contributed by atoms with Gasteiger partial charge < -0.3 is 3.79 Å². The fraction of sp³-hybridized carbons (Fsp3) is 0.375. The van der Waals surface area contributed by atoms with Gasteiger partial charge in [-0.15, -0.1) is 0 Å². The van der Waals surface area contributed by atoms with E-state index in [9.17, 15) is 0 Å². The van der Waals surface area contributed by atoms with Gasteiger partial charge in [-0.25, -0.2) is 0 Å². The molecule has 1 heterocycles. The molecule has 0 amide bonds. The zero-order valence-electron chi connectivity index (χ0n) is 6.95. The number of nitrogens with zero attached hydrogens (tertiary/aromatic N) is 1. The molecule has 0 fully saturated rings. The molecule has 0 saturated carbocycles. The monoisotopic (exact) mass is 165 g/mol. The van der Waals surface area contributed by atoms with Crippen LogP contribution < -0.4 is 0 Å². The molecule has 0 N–H and O–H groups in total. The van der Waals surface area contributed by atoms with Gasteiger partial charge in [0.1, 0.15) is 0 Å². The SMILES string of the molecule is [CH3][Al]([CH3])[O]Cc1ccccn1. The van der Waals surface area contributed by atoms with Crippen molar-refractivity contribution in [1.82, 2.24) is 4.98 Å². The number of hydrogen-bond donors (Lipinski definition) is 0. The molecule has 0 spiro atoms. The predicted octanol–water partition coefficient (Wildman–Crippen LogP) is 1.85. The van der Waals surface area contributed by atoms with Gasteiger partial charge >= 0.3 is 14.5 Å². The quantitative estimate of drug-likeness (QED) is 0.637. The Morgan fingerprint density at radius 2 is 2.27 bits per heavy atom. The van der Waals surface area contributed by atoms with Crippen LogP contribution in [-0.4, -0.2) is 19.5 Å². The molecule has 58 valence electrons. The molecule has 11 heavy (non-hydrogen) atoms. The molecular weight excluding hydrogens is 153 g/mol. The Labute approximate surface area is 71.9 Å². The lowest BCUT2D eigenvalue weighted by molar-refractivity contribution is 0.309. The first-order valence-corrected chi connectivity index (χ1v) is 6.58. The maximum Gasteiger partial charge on any atom is 0.454 e. The van der Waals surface area contributed by atoms with E-state index in [1.165, 1.54) is 0 Å². The van der Waals surface area contributed by atoms with Gasteiger partial charge in [0.25, 0.3) is 0 Å². The normalized spacial score (nSPS) is 9.64. The molecule has 0 radical (unpaired) electrons. The Balaban J connectivity index is 2.39. The highest BCUT2D eigenvalue weighted by atomic mass is 27.2. The van der Waals surface area contributed by atoms with Gasteiger partial charge in [0.05, 0.1) is 12.3 Å². The molecule has 2 nitrogen and oxygen atoms in total. The zero-order chi connectivity index (χ0) is 8.10. The van der Waals surface area contributed by atoms with Crippen LogP contribution in [0.4, 0.5) is 0 Å². The van der Waals surface area contributed by atoms with Crippen LogP contribution in [0.5, 0.6) is 0 Å². The second-order valence-electron chi connectivity index (χ2n) is 2.68. The molecule has 3 heteroatoms. The summed E-state index contributed by atoms with van der Waals surface area (Å²) in [6.07, 6.45) is 1.79. The predicted molar refractivity (Wildman–Crippen MR) is 46.5 cm³/mol. The summed E-state index contributed by atoms with van der Waals surface area (Å²) in [5.41, 5.74) is 1.02. The summed E-state index contributed by atoms with van der Waals surface area (Å²) in [6, 6.07) is 5.88. The third kappa shape index (κ3) is 3.52. The summed E-state index contributed by atoms with van der Waals surface area (Å²) < 4.78 is 5.50. The Morgan fingerprint density at radius 1 is 1.45 bits per heavy atom. The summed E-state index contributed by atoms with van der Waals surface area (Å²) in [6.45, 7) is 0.671. The van der Waals surface area contributed by atoms with Crippen LogP contribution in [0, 0.1) is 0 Å². The first-order valence-electron chi connectivity index (χ1n) is 3.80. The van der Waals surface area contributed by atoms with Crippen LogP contribution in [0.15, 0.2) is 24.4 Å². The molecule has 1 aromatic rings. The summed E-state index contributed by atoms with van der Waals surface area (Å²) in [5, 5.41) is 0. The van der Waals surface area contributed by atoms with Gasteiger partial charge in [-0.2, -0.15) is 0 Å². The highest BCUT2D eigenvalue weighted by Crippen LogP contribution is 1.97. The van der Waals surface area contributed by atoms with E-state index >= 15 is 0 Å². The fourth-order valence-electron chi connectivity index (χ4n) is 0.736. The molecule has 0 saturated heterocycles. The van der Waals surface area contributed by atoms with Crippen molar-refractivity contribution in [2.45, 2.75) is 18.2 Å². The first-order chi connectivity index (χ1) is 5.29. The first kappa shape index (κ1) is 8.74. The van der Waals surface area contributed by atoms with Gasteiger partial charge in [0.2, 0.25) is 0 Å². The Morgan fingerprint density at radius 3 is 2.82 bits per heavy atom. The van der Waals surface area contributed by atoms with E-state index in [0.29, 0.717) is 6.61 Å². The number of aromatic nitrogens is 1. The van der Waals surface area contributed by atoms with Gasteiger partial charge in [-0.1, -0.05) is 17.6 Å². The van der Waals surface area contributed by atoms with Crippen LogP contribution in [0.2, 0.25) is 11.6 Å². The van der Waals surface area contributed by atoms with Crippen molar-refractivity contribution < 1.29 is 3.79 Å². The van der Waals surface area contributed by atoms with Gasteiger partial charge in [0, 0.05) is 6.20 Å². The number of rotatable bonds is 3. The van der Waals surface area contributed by atoms with E-state index in [1.807, 2.05) is 18.2 Å². The summed E-state index contributed by atoms with van der Waals surface area (Å²) in [5.74, 6) is 4.31. The van der Waals surface area contributed by atoms with Crippen molar-refractivity contribution in [3.05, 3.63) is 30.1 Å². The lowest BCUT2D eigenvalue weighted by atomic mass is 10.4. The van der Waals surface area contributed by atoms with Crippen LogP contribution >= 0.6 is 0 Å². The minimum absolute atomic E-state index is 0.671. The lowest BCUT2D eigenvalue weighted by Gasteiger charge is -2.02. The highest BCUT2D eigenvalue weighted by molar-refractivity contribution is 6.48. The third-order valence-electron chi connectivity index (χ3n) is 1.29. The molecule has 0 unspecified atom stereocenters. The van der Waals surface area contributed by atoms with E-state index in [1.54, 1.807) is 6.20 Å². The molecule has 1 rings (SSSR count). The Bertz CT molecular complexity index is 201. The molecule has 0 aliphatic carbocycles. The smallest absolute Gasteiger partial charge is 0.454 e. The van der Waals surface area contributed by atoms with Crippen molar-refractivity contribution in [3.8, 4) is 0 Å². The number of pyridine rings is 1. The van der Waals surface area contributed by atoms with E-state index in [-0.39, 0.29) is 0 Å². The topological polar surface area (TPSA) is 22.1 Å². The summed E-state index contributed by atoms with van der Waals surface area (Å²) in [4.78, 5) is 4.15. The van der Waals surface area contributed by atoms with Crippen LogP contribution in [-0.2, 0) is 10.4 Å². The van der Waals surface area contributed by atoms with Crippen molar-refractivity contribution in [3.63, 3.8) is 0 Å². The minimum Gasteiger partial charge on any atom is -0.496 e. The summed E-state index contributed by atoms with van der Waals surface area (Å²) in [7, 11) is 0. The molecule has 0 aromatic carbocycles. The van der Waals surface area contributed by atoms with Crippen LogP contribution in [0.3, 0.4) is 0 Å². The van der Waals surface area contributed by atoms with Crippen molar-refractivity contribution in [1.29, 1.82) is 0 Å². The maximum atomic E-state index is 5.50. The second-order valence-corrected chi connectivity index (χ2v) is 5.11. The molecule has 1 aromatic heterocycles. The average Bonchev–Trinajstić information content (AvgIpc) is 2.03. The van der Waals surface area contributed by atoms with Gasteiger partial charge in [-0.05, 0) is 12.1 Å². The van der Waals surface area contributed by atoms with Crippen LogP contribution in [0.1, 0.15) is 5.69 Å². The minimum atomic E-state index is -0.880. The standard InChI is InChI=1S/C6H6NO.2CH3.Al/c8-5-6-3-1-2-4-7-6;;;/h1-4H,5H2;2*1H3;/q-1;;;+1. The van der Waals surface area contributed by atoms with Crippen molar-refractivity contribution >= 4 is 14.5 Å². The van der Waals surface area contributed by atoms with E-state index in [4.69, 9.17) is 3.79 Å². The van der Waals surface area contributed by atoms with Gasteiger partial charge in [0.15, 0.2) is 0 Å².